The van der Waals surface area contributed by atoms with Gasteiger partial charge in [-0.3, -0.25) is 14.9 Å². The van der Waals surface area contributed by atoms with Crippen molar-refractivity contribution in [3.05, 3.63) is 34.4 Å². The van der Waals surface area contributed by atoms with E-state index >= 15 is 0 Å². The molecular weight excluding hydrogens is 234 g/mol. The van der Waals surface area contributed by atoms with Crippen molar-refractivity contribution < 1.29 is 9.72 Å². The van der Waals surface area contributed by atoms with E-state index in [0.29, 0.717) is 6.42 Å². The Morgan fingerprint density at radius 3 is 2.67 bits per heavy atom. The van der Waals surface area contributed by atoms with Gasteiger partial charge in [0.2, 0.25) is 5.91 Å². The number of anilines is 1. The van der Waals surface area contributed by atoms with Gasteiger partial charge in [-0.05, 0) is 19.4 Å². The van der Waals surface area contributed by atoms with Gasteiger partial charge < -0.3 is 5.32 Å². The first-order valence-electron chi connectivity index (χ1n) is 5.40. The average Bonchev–Trinajstić information content (AvgIpc) is 2.38. The number of amides is 1. The molecule has 0 spiro atoms. The lowest BCUT2D eigenvalue weighted by atomic mass is 9.88. The number of hydrogen-bond donors (Lipinski definition) is 1. The van der Waals surface area contributed by atoms with Crippen LogP contribution in [0.3, 0.4) is 0 Å². The highest BCUT2D eigenvalue weighted by molar-refractivity contribution is 5.98. The normalized spacial score (nSPS) is 13.2. The molecule has 0 aliphatic carbocycles. The number of benzene rings is 1. The number of nitriles is 1. The van der Waals surface area contributed by atoms with E-state index in [-0.39, 0.29) is 11.4 Å². The molecule has 0 heterocycles. The Morgan fingerprint density at radius 2 is 2.17 bits per heavy atom. The molecule has 1 aromatic rings. The van der Waals surface area contributed by atoms with Crippen LogP contribution in [0.2, 0.25) is 0 Å². The zero-order chi connectivity index (χ0) is 13.8. The van der Waals surface area contributed by atoms with Crippen LogP contribution in [0.5, 0.6) is 0 Å². The average molecular weight is 247 g/mol. The van der Waals surface area contributed by atoms with Crippen molar-refractivity contribution >= 4 is 17.3 Å². The van der Waals surface area contributed by atoms with Crippen LogP contribution in [-0.2, 0) is 4.79 Å². The summed E-state index contributed by atoms with van der Waals surface area (Å²) in [6, 6.07) is 7.74. The second-order valence-electron chi connectivity index (χ2n) is 4.03. The van der Waals surface area contributed by atoms with E-state index in [1.807, 2.05) is 6.07 Å². The Hall–Kier alpha value is -2.42. The lowest BCUT2D eigenvalue weighted by Crippen LogP contribution is -2.31. The van der Waals surface area contributed by atoms with E-state index in [0.717, 1.165) is 0 Å². The van der Waals surface area contributed by atoms with Gasteiger partial charge in [-0.1, -0.05) is 19.1 Å². The van der Waals surface area contributed by atoms with Crippen LogP contribution in [0.25, 0.3) is 0 Å². The first-order chi connectivity index (χ1) is 8.44. The van der Waals surface area contributed by atoms with Crippen LogP contribution < -0.4 is 5.32 Å². The second kappa shape index (κ2) is 5.27. The summed E-state index contributed by atoms with van der Waals surface area (Å²) in [7, 11) is 0. The number of carbonyl (C=O) groups is 1. The molecule has 0 saturated carbocycles. The van der Waals surface area contributed by atoms with E-state index < -0.39 is 16.2 Å². The topological polar surface area (TPSA) is 96.0 Å². The molecule has 1 unspecified atom stereocenters. The van der Waals surface area contributed by atoms with E-state index in [9.17, 15) is 14.9 Å². The molecule has 1 aromatic carbocycles. The monoisotopic (exact) mass is 247 g/mol. The molecule has 1 rings (SSSR count). The summed E-state index contributed by atoms with van der Waals surface area (Å²) >= 11 is 0. The molecule has 6 nitrogen and oxygen atoms in total. The number of nitro groups is 1. The summed E-state index contributed by atoms with van der Waals surface area (Å²) in [6.45, 7) is 3.21. The summed E-state index contributed by atoms with van der Waals surface area (Å²) in [4.78, 5) is 22.1. The van der Waals surface area contributed by atoms with E-state index in [1.165, 1.54) is 25.1 Å². The lowest BCUT2D eigenvalue weighted by molar-refractivity contribution is -0.383. The van der Waals surface area contributed by atoms with Gasteiger partial charge in [0.25, 0.3) is 5.69 Å². The van der Waals surface area contributed by atoms with Crippen LogP contribution in [0.15, 0.2) is 24.3 Å². The van der Waals surface area contributed by atoms with Crippen molar-refractivity contribution in [3.63, 3.8) is 0 Å². The van der Waals surface area contributed by atoms with Crippen LogP contribution in [0.4, 0.5) is 11.4 Å². The SMILES string of the molecule is CCC(C)(C#N)C(=O)Nc1ccccc1[N+](=O)[O-]. The molecule has 94 valence electrons. The number of hydrogen-bond acceptors (Lipinski definition) is 4. The van der Waals surface area contributed by atoms with Crippen molar-refractivity contribution in [2.45, 2.75) is 20.3 Å². The third-order valence-electron chi connectivity index (χ3n) is 2.80. The fourth-order valence-electron chi connectivity index (χ4n) is 1.29. The Kier molecular flexibility index (Phi) is 4.00. The molecule has 18 heavy (non-hydrogen) atoms. The minimum absolute atomic E-state index is 0.0995. The summed E-state index contributed by atoms with van der Waals surface area (Å²) in [5.74, 6) is -0.540. The van der Waals surface area contributed by atoms with Crippen molar-refractivity contribution in [1.82, 2.24) is 0 Å². The Balaban J connectivity index is 3.03. The van der Waals surface area contributed by atoms with E-state index in [1.54, 1.807) is 13.0 Å². The van der Waals surface area contributed by atoms with Crippen molar-refractivity contribution in [2.75, 3.05) is 5.32 Å². The third kappa shape index (κ3) is 2.63. The van der Waals surface area contributed by atoms with Crippen molar-refractivity contribution in [1.29, 1.82) is 5.26 Å². The smallest absolute Gasteiger partial charge is 0.292 e. The highest BCUT2D eigenvalue weighted by Crippen LogP contribution is 2.27. The summed E-state index contributed by atoms with van der Waals surface area (Å²) in [6.07, 6.45) is 0.329. The van der Waals surface area contributed by atoms with Gasteiger partial charge in [0.05, 0.1) is 11.0 Å². The largest absolute Gasteiger partial charge is 0.319 e. The lowest BCUT2D eigenvalue weighted by Gasteiger charge is -2.18. The summed E-state index contributed by atoms with van der Waals surface area (Å²) in [5, 5.41) is 22.2. The van der Waals surface area contributed by atoms with Gasteiger partial charge in [-0.15, -0.1) is 0 Å². The third-order valence-corrected chi connectivity index (χ3v) is 2.80. The minimum atomic E-state index is -1.19. The van der Waals surface area contributed by atoms with Crippen LogP contribution in [-0.4, -0.2) is 10.8 Å². The molecular formula is C12H13N3O3. The number of nitrogens with zero attached hydrogens (tertiary/aromatic N) is 2. The first kappa shape index (κ1) is 13.6. The maximum absolute atomic E-state index is 11.9. The van der Waals surface area contributed by atoms with Gasteiger partial charge in [0, 0.05) is 6.07 Å². The summed E-state index contributed by atoms with van der Waals surface area (Å²) < 4.78 is 0. The van der Waals surface area contributed by atoms with Gasteiger partial charge in [0.1, 0.15) is 11.1 Å². The number of rotatable bonds is 4. The first-order valence-corrected chi connectivity index (χ1v) is 5.40. The molecule has 1 N–H and O–H groups in total. The number of carbonyl (C=O) groups excluding carboxylic acids is 1. The quantitative estimate of drug-likeness (QED) is 0.652. The molecule has 0 aromatic heterocycles. The van der Waals surface area contributed by atoms with Crippen molar-refractivity contribution in [3.8, 4) is 6.07 Å². The van der Waals surface area contributed by atoms with E-state index in [4.69, 9.17) is 5.26 Å². The van der Waals surface area contributed by atoms with Gasteiger partial charge in [-0.25, -0.2) is 0 Å². The fraction of sp³-hybridized carbons (Fsp3) is 0.333. The van der Waals surface area contributed by atoms with Gasteiger partial charge >= 0.3 is 0 Å². The highest BCUT2D eigenvalue weighted by Gasteiger charge is 2.32. The molecule has 0 aliphatic heterocycles. The molecule has 6 heteroatoms. The van der Waals surface area contributed by atoms with Crippen molar-refractivity contribution in [2.24, 2.45) is 5.41 Å². The summed E-state index contributed by atoms with van der Waals surface area (Å²) in [5.41, 5.74) is -1.28. The van der Waals surface area contributed by atoms with Crippen LogP contribution >= 0.6 is 0 Å². The minimum Gasteiger partial charge on any atom is -0.319 e. The molecule has 0 aliphatic rings. The molecule has 0 fully saturated rings. The molecule has 1 atom stereocenters. The molecule has 1 amide bonds. The number of nitrogens with one attached hydrogen (secondary N) is 1. The maximum atomic E-state index is 11.9. The number of para-hydroxylation sites is 2. The van der Waals surface area contributed by atoms with Gasteiger partial charge in [-0.2, -0.15) is 5.26 Å². The zero-order valence-electron chi connectivity index (χ0n) is 10.1. The molecule has 0 radical (unpaired) electrons. The molecule has 0 saturated heterocycles. The molecule has 0 bridgehead atoms. The highest BCUT2D eigenvalue weighted by atomic mass is 16.6. The van der Waals surface area contributed by atoms with Crippen LogP contribution in [0, 0.1) is 26.9 Å². The second-order valence-corrected chi connectivity index (χ2v) is 4.03. The Bertz CT molecular complexity index is 522. The number of nitro benzene ring substituents is 1. The van der Waals surface area contributed by atoms with E-state index in [2.05, 4.69) is 5.32 Å². The fourth-order valence-corrected chi connectivity index (χ4v) is 1.29. The van der Waals surface area contributed by atoms with Gasteiger partial charge in [0.15, 0.2) is 0 Å². The predicted octanol–water partition coefficient (Wildman–Crippen LogP) is 2.47. The zero-order valence-corrected chi connectivity index (χ0v) is 10.1. The Labute approximate surface area is 104 Å². The Morgan fingerprint density at radius 1 is 1.56 bits per heavy atom. The standard InChI is InChI=1S/C12H13N3O3/c1-3-12(2,8-13)11(16)14-9-6-4-5-7-10(9)15(17)18/h4-7H,3H2,1-2H3,(H,14,16). The predicted molar refractivity (Wildman–Crippen MR) is 65.7 cm³/mol. The maximum Gasteiger partial charge on any atom is 0.292 e. The van der Waals surface area contributed by atoms with Crippen LogP contribution in [0.1, 0.15) is 20.3 Å².